The van der Waals surface area contributed by atoms with Gasteiger partial charge >= 0.3 is 12.1 Å². The van der Waals surface area contributed by atoms with Crippen molar-refractivity contribution in [3.8, 4) is 0 Å². The van der Waals surface area contributed by atoms with Gasteiger partial charge in [0.05, 0.1) is 11.4 Å². The van der Waals surface area contributed by atoms with E-state index >= 15 is 0 Å². The highest BCUT2D eigenvalue weighted by atomic mass is 35.7. The summed E-state index contributed by atoms with van der Waals surface area (Å²) in [5.41, 5.74) is 0.467. The Morgan fingerprint density at radius 3 is 2.57 bits per heavy atom. The van der Waals surface area contributed by atoms with Crippen LogP contribution in [0.4, 0.5) is 10.5 Å². The minimum absolute atomic E-state index is 0.0221. The maximum absolute atomic E-state index is 11.7. The van der Waals surface area contributed by atoms with Crippen LogP contribution in [-0.2, 0) is 23.3 Å². The highest BCUT2D eigenvalue weighted by Crippen LogP contribution is 2.24. The van der Waals surface area contributed by atoms with Gasteiger partial charge in [0.2, 0.25) is 0 Å². The standard InChI is InChI=1S/C12H12ClNO6S/c1-8(15)19-7-10-6-14(12(16)20-10)9-2-4-11(5-3-9)21(13,17)18/h2-5,10H,6-7H2,1H3. The van der Waals surface area contributed by atoms with Crippen LogP contribution in [0.3, 0.4) is 0 Å². The molecule has 1 aliphatic rings. The van der Waals surface area contributed by atoms with Crippen molar-refractivity contribution in [2.75, 3.05) is 18.1 Å². The van der Waals surface area contributed by atoms with E-state index in [1.54, 1.807) is 0 Å². The number of halogens is 1. The molecule has 0 aliphatic carbocycles. The van der Waals surface area contributed by atoms with E-state index in [0.717, 1.165) is 0 Å². The van der Waals surface area contributed by atoms with Gasteiger partial charge in [0.15, 0.2) is 6.10 Å². The number of hydrogen-bond donors (Lipinski definition) is 0. The maximum Gasteiger partial charge on any atom is 0.414 e. The van der Waals surface area contributed by atoms with E-state index in [2.05, 4.69) is 0 Å². The average molecular weight is 334 g/mol. The average Bonchev–Trinajstić information content (AvgIpc) is 2.77. The number of rotatable bonds is 4. The summed E-state index contributed by atoms with van der Waals surface area (Å²) in [6.45, 7) is 1.45. The molecule has 1 heterocycles. The normalized spacial score (nSPS) is 18.5. The number of carbonyl (C=O) groups excluding carboxylic acids is 2. The fourth-order valence-electron chi connectivity index (χ4n) is 1.82. The van der Waals surface area contributed by atoms with Crippen molar-refractivity contribution in [3.63, 3.8) is 0 Å². The Bertz CT molecular complexity index is 657. The lowest BCUT2D eigenvalue weighted by atomic mass is 10.3. The van der Waals surface area contributed by atoms with Gasteiger partial charge in [-0.1, -0.05) is 0 Å². The first kappa shape index (κ1) is 15.6. The summed E-state index contributed by atoms with van der Waals surface area (Å²) < 4.78 is 32.1. The van der Waals surface area contributed by atoms with E-state index < -0.39 is 27.2 Å². The molecule has 114 valence electrons. The first-order chi connectivity index (χ1) is 9.77. The Morgan fingerprint density at radius 1 is 1.43 bits per heavy atom. The van der Waals surface area contributed by atoms with Crippen molar-refractivity contribution in [3.05, 3.63) is 24.3 Å². The number of hydrogen-bond acceptors (Lipinski definition) is 6. The van der Waals surface area contributed by atoms with E-state index in [-0.39, 0.29) is 18.0 Å². The van der Waals surface area contributed by atoms with Crippen LogP contribution >= 0.6 is 10.7 Å². The minimum atomic E-state index is -3.81. The molecule has 1 aromatic carbocycles. The molecule has 1 atom stereocenters. The number of esters is 1. The van der Waals surface area contributed by atoms with Gasteiger partial charge in [0, 0.05) is 23.3 Å². The van der Waals surface area contributed by atoms with Crippen LogP contribution in [0.15, 0.2) is 29.2 Å². The van der Waals surface area contributed by atoms with Crippen molar-refractivity contribution in [1.82, 2.24) is 0 Å². The third-order valence-corrected chi connectivity index (χ3v) is 4.15. The van der Waals surface area contributed by atoms with E-state index in [1.165, 1.54) is 36.1 Å². The van der Waals surface area contributed by atoms with E-state index in [1.807, 2.05) is 0 Å². The van der Waals surface area contributed by atoms with Crippen LogP contribution < -0.4 is 4.90 Å². The Hall–Kier alpha value is -1.80. The van der Waals surface area contributed by atoms with Crippen molar-refractivity contribution < 1.29 is 27.5 Å². The van der Waals surface area contributed by atoms with E-state index in [9.17, 15) is 18.0 Å². The fraction of sp³-hybridized carbons (Fsp3) is 0.333. The summed E-state index contributed by atoms with van der Waals surface area (Å²) in [6, 6.07) is 5.49. The first-order valence-electron chi connectivity index (χ1n) is 5.93. The third-order valence-electron chi connectivity index (χ3n) is 2.78. The molecule has 0 N–H and O–H groups in total. The van der Waals surface area contributed by atoms with Crippen LogP contribution in [-0.4, -0.2) is 39.7 Å². The molecule has 1 saturated heterocycles. The topological polar surface area (TPSA) is 90.0 Å². The molecule has 0 radical (unpaired) electrons. The highest BCUT2D eigenvalue weighted by molar-refractivity contribution is 8.13. The zero-order valence-corrected chi connectivity index (χ0v) is 12.6. The second-order valence-corrected chi connectivity index (χ2v) is 6.92. The summed E-state index contributed by atoms with van der Waals surface area (Å²) in [5, 5.41) is 0. The Balaban J connectivity index is 2.08. The quantitative estimate of drug-likeness (QED) is 0.612. The second kappa shape index (κ2) is 5.90. The molecular formula is C12H12ClNO6S. The molecule has 1 unspecified atom stereocenters. The molecule has 1 fully saturated rings. The largest absolute Gasteiger partial charge is 0.462 e. The number of cyclic esters (lactones) is 1. The SMILES string of the molecule is CC(=O)OCC1CN(c2ccc(S(=O)(=O)Cl)cc2)C(=O)O1. The van der Waals surface area contributed by atoms with Crippen LogP contribution in [0.5, 0.6) is 0 Å². The van der Waals surface area contributed by atoms with Gasteiger partial charge in [-0.05, 0) is 24.3 Å². The number of nitrogens with zero attached hydrogens (tertiary/aromatic N) is 1. The zero-order valence-electron chi connectivity index (χ0n) is 11.0. The molecule has 0 bridgehead atoms. The van der Waals surface area contributed by atoms with Crippen molar-refractivity contribution in [2.24, 2.45) is 0 Å². The monoisotopic (exact) mass is 333 g/mol. The van der Waals surface area contributed by atoms with Crippen molar-refractivity contribution in [1.29, 1.82) is 0 Å². The molecule has 1 aromatic rings. The maximum atomic E-state index is 11.7. The number of benzene rings is 1. The predicted octanol–water partition coefficient (Wildman–Crippen LogP) is 1.50. The van der Waals surface area contributed by atoms with Crippen molar-refractivity contribution in [2.45, 2.75) is 17.9 Å². The summed E-state index contributed by atoms with van der Waals surface area (Å²) in [4.78, 5) is 23.7. The summed E-state index contributed by atoms with van der Waals surface area (Å²) >= 11 is 0. The molecule has 0 aromatic heterocycles. The first-order valence-corrected chi connectivity index (χ1v) is 8.24. The molecule has 1 aliphatic heterocycles. The molecular weight excluding hydrogens is 322 g/mol. The molecule has 7 nitrogen and oxygen atoms in total. The molecule has 0 spiro atoms. The van der Waals surface area contributed by atoms with Gasteiger partial charge in [0.25, 0.3) is 9.05 Å². The highest BCUT2D eigenvalue weighted by Gasteiger charge is 2.33. The van der Waals surface area contributed by atoms with Crippen LogP contribution in [0.2, 0.25) is 0 Å². The van der Waals surface area contributed by atoms with Crippen LogP contribution in [0.1, 0.15) is 6.92 Å². The Morgan fingerprint density at radius 2 is 2.05 bits per heavy atom. The molecule has 2 rings (SSSR count). The van der Waals surface area contributed by atoms with E-state index in [0.29, 0.717) is 5.69 Å². The zero-order chi connectivity index (χ0) is 15.6. The number of ether oxygens (including phenoxy) is 2. The summed E-state index contributed by atoms with van der Waals surface area (Å²) in [5.74, 6) is -0.457. The lowest BCUT2D eigenvalue weighted by molar-refractivity contribution is -0.143. The van der Waals surface area contributed by atoms with Gasteiger partial charge in [-0.15, -0.1) is 0 Å². The van der Waals surface area contributed by atoms with Gasteiger partial charge < -0.3 is 9.47 Å². The number of anilines is 1. The molecule has 1 amide bonds. The lowest BCUT2D eigenvalue weighted by Gasteiger charge is -2.13. The summed E-state index contributed by atoms with van der Waals surface area (Å²) in [6.07, 6.45) is -1.15. The van der Waals surface area contributed by atoms with Crippen LogP contribution in [0, 0.1) is 0 Å². The fourth-order valence-corrected chi connectivity index (χ4v) is 2.59. The predicted molar refractivity (Wildman–Crippen MR) is 73.7 cm³/mol. The van der Waals surface area contributed by atoms with Crippen molar-refractivity contribution >= 4 is 37.5 Å². The lowest BCUT2D eigenvalue weighted by Crippen LogP contribution is -2.26. The Kier molecular flexibility index (Phi) is 4.38. The molecule has 9 heteroatoms. The van der Waals surface area contributed by atoms with Crippen LogP contribution in [0.25, 0.3) is 0 Å². The van der Waals surface area contributed by atoms with Gasteiger partial charge in [-0.3, -0.25) is 9.69 Å². The third kappa shape index (κ3) is 3.85. The minimum Gasteiger partial charge on any atom is -0.462 e. The molecule has 21 heavy (non-hydrogen) atoms. The number of amides is 1. The second-order valence-electron chi connectivity index (χ2n) is 4.35. The van der Waals surface area contributed by atoms with Gasteiger partial charge in [-0.25, -0.2) is 13.2 Å². The Labute approximate surface area is 125 Å². The smallest absolute Gasteiger partial charge is 0.414 e. The number of carbonyl (C=O) groups is 2. The van der Waals surface area contributed by atoms with Gasteiger partial charge in [0.1, 0.15) is 6.61 Å². The van der Waals surface area contributed by atoms with E-state index in [4.69, 9.17) is 20.2 Å². The van der Waals surface area contributed by atoms with Gasteiger partial charge in [-0.2, -0.15) is 0 Å². The summed E-state index contributed by atoms with van der Waals surface area (Å²) in [7, 11) is 1.41. The molecule has 0 saturated carbocycles.